The quantitative estimate of drug-likeness (QED) is 0.404. The summed E-state index contributed by atoms with van der Waals surface area (Å²) in [5.41, 5.74) is 9.61. The van der Waals surface area contributed by atoms with Crippen LogP contribution in [0.15, 0.2) is 46.8 Å². The van der Waals surface area contributed by atoms with Gasteiger partial charge >= 0.3 is 5.97 Å². The molecule has 0 fully saturated rings. The van der Waals surface area contributed by atoms with Crippen LogP contribution < -0.4 is 11.1 Å². The fraction of sp³-hybridized carbons (Fsp3) is 0.455. The third kappa shape index (κ3) is 5.53. The number of rotatable bonds is 8. The fourth-order valence-corrected chi connectivity index (χ4v) is 3.12. The lowest BCUT2D eigenvalue weighted by Crippen LogP contribution is -2.33. The molecule has 1 aliphatic rings. The highest BCUT2D eigenvalue weighted by atomic mass is 16.5. The number of aldehydes is 1. The van der Waals surface area contributed by atoms with E-state index in [-0.39, 0.29) is 13.2 Å². The highest BCUT2D eigenvalue weighted by molar-refractivity contribution is 5.96. The normalized spacial score (nSPS) is 16.1. The van der Waals surface area contributed by atoms with Gasteiger partial charge in [0.15, 0.2) is 0 Å². The van der Waals surface area contributed by atoms with E-state index in [2.05, 4.69) is 5.32 Å². The number of dihydropyridines is 1. The van der Waals surface area contributed by atoms with Crippen LogP contribution in [0.4, 0.5) is 0 Å². The molecule has 2 rings (SSSR count). The van der Waals surface area contributed by atoms with Gasteiger partial charge in [0.25, 0.3) is 0 Å². The van der Waals surface area contributed by atoms with E-state index in [1.165, 1.54) is 0 Å². The Morgan fingerprint density at radius 2 is 1.93 bits per heavy atom. The molecule has 1 aromatic carbocycles. The van der Waals surface area contributed by atoms with Crippen molar-refractivity contribution in [2.45, 2.75) is 40.5 Å². The molecule has 1 atom stereocenters. The van der Waals surface area contributed by atoms with Crippen molar-refractivity contribution in [3.8, 4) is 0 Å². The second-order valence-corrected chi connectivity index (χ2v) is 6.07. The van der Waals surface area contributed by atoms with Crippen LogP contribution in [0.5, 0.6) is 0 Å². The van der Waals surface area contributed by atoms with Gasteiger partial charge < -0.3 is 20.5 Å². The second-order valence-electron chi connectivity index (χ2n) is 6.07. The second kappa shape index (κ2) is 12.1. The Morgan fingerprint density at radius 1 is 1.25 bits per heavy atom. The molecule has 154 valence electrons. The molecule has 1 aliphatic heterocycles. The first-order valence-electron chi connectivity index (χ1n) is 9.71. The molecular weight excluding hydrogens is 356 g/mol. The van der Waals surface area contributed by atoms with Crippen molar-refractivity contribution in [1.29, 1.82) is 0 Å². The largest absolute Gasteiger partial charge is 0.463 e. The number of carbonyl (C=O) groups is 2. The minimum absolute atomic E-state index is 0.192. The summed E-state index contributed by atoms with van der Waals surface area (Å²) in [5, 5.41) is 3.15. The van der Waals surface area contributed by atoms with Crippen molar-refractivity contribution in [2.75, 3.05) is 26.4 Å². The van der Waals surface area contributed by atoms with Crippen LogP contribution in [0.2, 0.25) is 0 Å². The molecule has 1 heterocycles. The fourth-order valence-electron chi connectivity index (χ4n) is 3.12. The maximum atomic E-state index is 12.8. The Labute approximate surface area is 167 Å². The predicted octanol–water partition coefficient (Wildman–Crippen LogP) is 2.97. The van der Waals surface area contributed by atoms with Crippen LogP contribution >= 0.6 is 0 Å². The molecule has 0 aromatic heterocycles. The Morgan fingerprint density at radius 3 is 2.50 bits per heavy atom. The van der Waals surface area contributed by atoms with Crippen molar-refractivity contribution in [3.05, 3.63) is 57.9 Å². The average Bonchev–Trinajstić information content (AvgIpc) is 2.70. The molecule has 0 saturated heterocycles. The summed E-state index contributed by atoms with van der Waals surface area (Å²) >= 11 is 0. The van der Waals surface area contributed by atoms with E-state index in [0.29, 0.717) is 35.7 Å². The zero-order chi connectivity index (χ0) is 21.1. The zero-order valence-corrected chi connectivity index (χ0v) is 17.5. The Balaban J connectivity index is 0.00000190. The first-order chi connectivity index (χ1) is 13.5. The third-order valence-corrected chi connectivity index (χ3v) is 4.33. The molecule has 6 heteroatoms. The number of hydrogen-bond donors (Lipinski definition) is 2. The number of allylic oxidation sites excluding steroid dienone is 2. The SMILES string of the molecule is CC.CCOC(=O)C1=C(COCCN)NC(C)=C(C=O)C1c1ccccc1C. The number of hydrogen-bond acceptors (Lipinski definition) is 6. The van der Waals surface area contributed by atoms with E-state index in [4.69, 9.17) is 15.2 Å². The van der Waals surface area contributed by atoms with E-state index in [1.807, 2.05) is 52.0 Å². The van der Waals surface area contributed by atoms with E-state index < -0.39 is 11.9 Å². The van der Waals surface area contributed by atoms with Crippen LogP contribution in [0, 0.1) is 6.92 Å². The lowest BCUT2D eigenvalue weighted by atomic mass is 9.79. The Bertz CT molecular complexity index is 738. The van der Waals surface area contributed by atoms with Crippen LogP contribution in [0.1, 0.15) is 44.7 Å². The molecule has 0 radical (unpaired) electrons. The van der Waals surface area contributed by atoms with E-state index in [0.717, 1.165) is 17.4 Å². The number of benzene rings is 1. The van der Waals surface area contributed by atoms with Gasteiger partial charge in [0.1, 0.15) is 6.29 Å². The van der Waals surface area contributed by atoms with Crippen LogP contribution in [-0.2, 0) is 19.1 Å². The maximum absolute atomic E-state index is 12.8. The monoisotopic (exact) mass is 388 g/mol. The number of nitrogens with two attached hydrogens (primary N) is 1. The molecule has 0 amide bonds. The van der Waals surface area contributed by atoms with Gasteiger partial charge in [0.2, 0.25) is 0 Å². The van der Waals surface area contributed by atoms with E-state index in [1.54, 1.807) is 6.92 Å². The summed E-state index contributed by atoms with van der Waals surface area (Å²) in [5.74, 6) is -0.947. The number of esters is 1. The predicted molar refractivity (Wildman–Crippen MR) is 111 cm³/mol. The van der Waals surface area contributed by atoms with Gasteiger partial charge in [-0.15, -0.1) is 0 Å². The molecule has 0 spiro atoms. The number of aryl methyl sites for hydroxylation is 1. The highest BCUT2D eigenvalue weighted by Crippen LogP contribution is 2.39. The third-order valence-electron chi connectivity index (χ3n) is 4.33. The summed E-state index contributed by atoms with van der Waals surface area (Å²) in [6.07, 6.45) is 0.802. The lowest BCUT2D eigenvalue weighted by Gasteiger charge is -2.31. The van der Waals surface area contributed by atoms with Crippen molar-refractivity contribution < 1.29 is 19.1 Å². The van der Waals surface area contributed by atoms with Crippen molar-refractivity contribution >= 4 is 12.3 Å². The molecular formula is C22H32N2O4. The maximum Gasteiger partial charge on any atom is 0.336 e. The van der Waals surface area contributed by atoms with Crippen molar-refractivity contribution in [1.82, 2.24) is 5.32 Å². The summed E-state index contributed by atoms with van der Waals surface area (Å²) in [7, 11) is 0. The number of nitrogens with one attached hydrogen (secondary N) is 1. The van der Waals surface area contributed by atoms with Crippen LogP contribution in [-0.4, -0.2) is 38.6 Å². The molecule has 28 heavy (non-hydrogen) atoms. The molecule has 3 N–H and O–H groups in total. The molecule has 1 unspecified atom stereocenters. The minimum atomic E-state index is -0.495. The van der Waals surface area contributed by atoms with Crippen LogP contribution in [0.25, 0.3) is 0 Å². The summed E-state index contributed by atoms with van der Waals surface area (Å²) < 4.78 is 10.8. The van der Waals surface area contributed by atoms with Gasteiger partial charge in [-0.25, -0.2) is 4.79 Å². The molecule has 0 bridgehead atoms. The van der Waals surface area contributed by atoms with Crippen LogP contribution in [0.3, 0.4) is 0 Å². The van der Waals surface area contributed by atoms with Gasteiger partial charge in [-0.1, -0.05) is 38.1 Å². The summed E-state index contributed by atoms with van der Waals surface area (Å²) in [6, 6.07) is 7.72. The number of carbonyl (C=O) groups excluding carboxylic acids is 2. The van der Waals surface area contributed by atoms with E-state index >= 15 is 0 Å². The Hall–Kier alpha value is -2.44. The first kappa shape index (κ1) is 23.6. The van der Waals surface area contributed by atoms with Gasteiger partial charge in [-0.2, -0.15) is 0 Å². The molecule has 0 saturated carbocycles. The molecule has 6 nitrogen and oxygen atoms in total. The first-order valence-corrected chi connectivity index (χ1v) is 9.71. The average molecular weight is 389 g/mol. The standard InChI is InChI=1S/C20H26N2O4.C2H6/c1-4-26-20(24)19-17(12-25-10-9-21)22-14(3)16(11-23)18(19)15-8-6-5-7-13(15)2;1-2/h5-8,11,18,22H,4,9-10,12,21H2,1-3H3;1-2H3. The topological polar surface area (TPSA) is 90.7 Å². The van der Waals surface area contributed by atoms with Gasteiger partial charge in [0, 0.05) is 23.7 Å². The van der Waals surface area contributed by atoms with Crippen molar-refractivity contribution in [2.24, 2.45) is 5.73 Å². The minimum Gasteiger partial charge on any atom is -0.463 e. The zero-order valence-electron chi connectivity index (χ0n) is 17.5. The highest BCUT2D eigenvalue weighted by Gasteiger charge is 2.35. The smallest absolute Gasteiger partial charge is 0.336 e. The van der Waals surface area contributed by atoms with Crippen molar-refractivity contribution in [3.63, 3.8) is 0 Å². The summed E-state index contributed by atoms with van der Waals surface area (Å²) in [4.78, 5) is 24.6. The van der Waals surface area contributed by atoms with Gasteiger partial charge in [-0.05, 0) is 31.9 Å². The van der Waals surface area contributed by atoms with Gasteiger partial charge in [-0.3, -0.25) is 4.79 Å². The van der Waals surface area contributed by atoms with Gasteiger partial charge in [0.05, 0.1) is 31.1 Å². The van der Waals surface area contributed by atoms with E-state index in [9.17, 15) is 9.59 Å². The summed E-state index contributed by atoms with van der Waals surface area (Å²) in [6.45, 7) is 10.7. The lowest BCUT2D eigenvalue weighted by molar-refractivity contribution is -0.138. The Kier molecular flexibility index (Phi) is 10.2. The molecule has 0 aliphatic carbocycles. The number of ether oxygens (including phenoxy) is 2. The molecule has 1 aromatic rings.